The Bertz CT molecular complexity index is 568. The fourth-order valence-electron chi connectivity index (χ4n) is 2.57. The summed E-state index contributed by atoms with van der Waals surface area (Å²) in [5, 5.41) is 0.597. The molecule has 0 aliphatic heterocycles. The number of sulfonamides is 1. The maximum Gasteiger partial charge on any atom is 0.241 e. The van der Waals surface area contributed by atoms with E-state index in [2.05, 4.69) is 20.7 Å². The van der Waals surface area contributed by atoms with Crippen LogP contribution in [0.4, 0.5) is 4.39 Å². The second-order valence-electron chi connectivity index (χ2n) is 5.14. The third kappa shape index (κ3) is 3.17. The standard InChI is InChI=1S/C13H17BrFNO2S/c1-10-8-11(15)4-5-12(10)19(17,18)16-13(9-14)6-2-3-7-13/h4-5,8,16H,2-3,6-7,9H2,1H3. The third-order valence-electron chi connectivity index (χ3n) is 3.59. The van der Waals surface area contributed by atoms with Crippen molar-refractivity contribution >= 4 is 26.0 Å². The van der Waals surface area contributed by atoms with Crippen molar-refractivity contribution < 1.29 is 12.8 Å². The van der Waals surface area contributed by atoms with Crippen molar-refractivity contribution in [2.75, 3.05) is 5.33 Å². The van der Waals surface area contributed by atoms with Crippen molar-refractivity contribution in [3.63, 3.8) is 0 Å². The monoisotopic (exact) mass is 349 g/mol. The molecule has 6 heteroatoms. The summed E-state index contributed by atoms with van der Waals surface area (Å²) < 4.78 is 40.7. The molecular formula is C13H17BrFNO2S. The number of halogens is 2. The highest BCUT2D eigenvalue weighted by atomic mass is 79.9. The molecule has 19 heavy (non-hydrogen) atoms. The van der Waals surface area contributed by atoms with Crippen LogP contribution in [0.3, 0.4) is 0 Å². The first-order valence-electron chi connectivity index (χ1n) is 6.25. The Morgan fingerprint density at radius 1 is 1.37 bits per heavy atom. The van der Waals surface area contributed by atoms with E-state index in [1.807, 2.05) is 0 Å². The molecule has 3 nitrogen and oxygen atoms in total. The molecule has 1 aliphatic carbocycles. The van der Waals surface area contributed by atoms with Crippen LogP contribution >= 0.6 is 15.9 Å². The molecule has 2 rings (SSSR count). The zero-order chi connectivity index (χ0) is 14.1. The van der Waals surface area contributed by atoms with Crippen LogP contribution in [-0.2, 0) is 10.0 Å². The SMILES string of the molecule is Cc1cc(F)ccc1S(=O)(=O)NC1(CBr)CCCC1. The van der Waals surface area contributed by atoms with E-state index in [1.54, 1.807) is 6.92 Å². The van der Waals surface area contributed by atoms with Crippen LogP contribution in [-0.4, -0.2) is 19.3 Å². The average molecular weight is 350 g/mol. The van der Waals surface area contributed by atoms with Gasteiger partial charge >= 0.3 is 0 Å². The molecule has 0 heterocycles. The highest BCUT2D eigenvalue weighted by Gasteiger charge is 2.37. The van der Waals surface area contributed by atoms with Gasteiger partial charge in [0, 0.05) is 10.9 Å². The van der Waals surface area contributed by atoms with E-state index in [0.29, 0.717) is 10.9 Å². The summed E-state index contributed by atoms with van der Waals surface area (Å²) in [6, 6.07) is 3.74. The Hall–Kier alpha value is -0.460. The molecule has 0 radical (unpaired) electrons. The van der Waals surface area contributed by atoms with Gasteiger partial charge in [-0.25, -0.2) is 17.5 Å². The predicted octanol–water partition coefficient (Wildman–Crippen LogP) is 3.12. The Kier molecular flexibility index (Phi) is 4.32. The minimum absolute atomic E-state index is 0.154. The lowest BCUT2D eigenvalue weighted by molar-refractivity contribution is 0.437. The number of alkyl halides is 1. The molecule has 0 atom stereocenters. The summed E-state index contributed by atoms with van der Waals surface area (Å²) in [6.07, 6.45) is 3.71. The summed E-state index contributed by atoms with van der Waals surface area (Å²) >= 11 is 3.40. The molecule has 1 aromatic carbocycles. The van der Waals surface area contributed by atoms with Gasteiger partial charge in [0.2, 0.25) is 10.0 Å². The van der Waals surface area contributed by atoms with Gasteiger partial charge in [0.15, 0.2) is 0 Å². The Morgan fingerprint density at radius 2 is 2.00 bits per heavy atom. The topological polar surface area (TPSA) is 46.2 Å². The lowest BCUT2D eigenvalue weighted by atomic mass is 10.0. The summed E-state index contributed by atoms with van der Waals surface area (Å²) in [4.78, 5) is 0.154. The van der Waals surface area contributed by atoms with Crippen molar-refractivity contribution in [2.45, 2.75) is 43.0 Å². The number of hydrogen-bond donors (Lipinski definition) is 1. The van der Waals surface area contributed by atoms with E-state index in [1.165, 1.54) is 18.2 Å². The van der Waals surface area contributed by atoms with Crippen LogP contribution in [0.15, 0.2) is 23.1 Å². The molecule has 1 fully saturated rings. The van der Waals surface area contributed by atoms with Gasteiger partial charge < -0.3 is 0 Å². The summed E-state index contributed by atoms with van der Waals surface area (Å²) in [7, 11) is -3.61. The molecule has 1 saturated carbocycles. The quantitative estimate of drug-likeness (QED) is 0.848. The van der Waals surface area contributed by atoms with E-state index >= 15 is 0 Å². The zero-order valence-corrected chi connectivity index (χ0v) is 13.2. The molecule has 106 valence electrons. The normalized spacial score (nSPS) is 18.7. The van der Waals surface area contributed by atoms with E-state index in [0.717, 1.165) is 25.7 Å². The van der Waals surface area contributed by atoms with Gasteiger partial charge in [-0.05, 0) is 43.5 Å². The van der Waals surface area contributed by atoms with Crippen LogP contribution in [0.5, 0.6) is 0 Å². The van der Waals surface area contributed by atoms with Gasteiger partial charge in [0.25, 0.3) is 0 Å². The van der Waals surface area contributed by atoms with Crippen molar-refractivity contribution in [3.8, 4) is 0 Å². The van der Waals surface area contributed by atoms with Gasteiger partial charge in [0.1, 0.15) is 5.82 Å². The summed E-state index contributed by atoms with van der Waals surface area (Å²) in [5.74, 6) is -0.424. The van der Waals surface area contributed by atoms with Crippen LogP contribution in [0.1, 0.15) is 31.2 Å². The van der Waals surface area contributed by atoms with Crippen LogP contribution in [0.2, 0.25) is 0 Å². The fourth-order valence-corrected chi connectivity index (χ4v) is 5.14. The van der Waals surface area contributed by atoms with Crippen LogP contribution in [0, 0.1) is 12.7 Å². The molecule has 0 bridgehead atoms. The number of nitrogens with one attached hydrogen (secondary N) is 1. The van der Waals surface area contributed by atoms with E-state index in [9.17, 15) is 12.8 Å². The van der Waals surface area contributed by atoms with Crippen molar-refractivity contribution in [1.82, 2.24) is 4.72 Å². The molecule has 1 aromatic rings. The summed E-state index contributed by atoms with van der Waals surface area (Å²) in [6.45, 7) is 1.60. The first-order valence-corrected chi connectivity index (χ1v) is 8.85. The second-order valence-corrected chi connectivity index (χ2v) is 7.35. The van der Waals surface area contributed by atoms with Gasteiger partial charge in [-0.1, -0.05) is 28.8 Å². The molecule has 0 spiro atoms. The minimum atomic E-state index is -3.61. The predicted molar refractivity (Wildman–Crippen MR) is 76.5 cm³/mol. The number of rotatable bonds is 4. The molecule has 1 aliphatic rings. The first kappa shape index (κ1) is 14.9. The van der Waals surface area contributed by atoms with Gasteiger partial charge in [-0.3, -0.25) is 0 Å². The lowest BCUT2D eigenvalue weighted by Gasteiger charge is -2.28. The Labute approximate surface area is 121 Å². The van der Waals surface area contributed by atoms with Crippen molar-refractivity contribution in [3.05, 3.63) is 29.6 Å². The van der Waals surface area contributed by atoms with Gasteiger partial charge in [0.05, 0.1) is 4.90 Å². The first-order chi connectivity index (χ1) is 8.88. The number of aryl methyl sites for hydroxylation is 1. The maximum atomic E-state index is 13.1. The number of benzene rings is 1. The zero-order valence-electron chi connectivity index (χ0n) is 10.7. The molecule has 0 aromatic heterocycles. The highest BCUT2D eigenvalue weighted by molar-refractivity contribution is 9.09. The van der Waals surface area contributed by atoms with Gasteiger partial charge in [-0.15, -0.1) is 0 Å². The summed E-state index contributed by atoms with van der Waals surface area (Å²) in [5.41, 5.74) is 0.0230. The van der Waals surface area contributed by atoms with E-state index in [4.69, 9.17) is 0 Å². The minimum Gasteiger partial charge on any atom is -0.207 e. The maximum absolute atomic E-state index is 13.1. The smallest absolute Gasteiger partial charge is 0.207 e. The van der Waals surface area contributed by atoms with E-state index < -0.39 is 21.4 Å². The van der Waals surface area contributed by atoms with Crippen molar-refractivity contribution in [2.24, 2.45) is 0 Å². The molecular weight excluding hydrogens is 333 g/mol. The largest absolute Gasteiger partial charge is 0.241 e. The van der Waals surface area contributed by atoms with Crippen LogP contribution in [0.25, 0.3) is 0 Å². The number of hydrogen-bond acceptors (Lipinski definition) is 2. The fraction of sp³-hybridized carbons (Fsp3) is 0.538. The molecule has 0 amide bonds. The Morgan fingerprint density at radius 3 is 2.53 bits per heavy atom. The molecule has 0 unspecified atom stereocenters. The Balaban J connectivity index is 2.32. The van der Waals surface area contributed by atoms with Crippen molar-refractivity contribution in [1.29, 1.82) is 0 Å². The third-order valence-corrected chi connectivity index (χ3v) is 6.41. The highest BCUT2D eigenvalue weighted by Crippen LogP contribution is 2.33. The van der Waals surface area contributed by atoms with Gasteiger partial charge in [-0.2, -0.15) is 0 Å². The molecule has 0 saturated heterocycles. The van der Waals surface area contributed by atoms with Crippen LogP contribution < -0.4 is 4.72 Å². The van der Waals surface area contributed by atoms with E-state index in [-0.39, 0.29) is 4.90 Å². The average Bonchev–Trinajstić information content (AvgIpc) is 2.77. The second kappa shape index (κ2) is 5.50. The lowest BCUT2D eigenvalue weighted by Crippen LogP contribution is -2.47. The molecule has 1 N–H and O–H groups in total.